The number of amides is 2. The van der Waals surface area contributed by atoms with Gasteiger partial charge < -0.3 is 10.2 Å². The second-order valence-corrected chi connectivity index (χ2v) is 10.8. The summed E-state index contributed by atoms with van der Waals surface area (Å²) in [5, 5.41) is 3.05. The van der Waals surface area contributed by atoms with Gasteiger partial charge in [0.1, 0.15) is 18.4 Å². The summed E-state index contributed by atoms with van der Waals surface area (Å²) in [6.07, 6.45) is 1.14. The SMILES string of the molecule is CCNC(=O)C(Cc1ccccc1)N(Cc1ccccc1F)C(=O)CN(c1cccc(Cl)c1)S(C)(=O)=O. The zero-order valence-corrected chi connectivity index (χ0v) is 22.2. The van der Waals surface area contributed by atoms with Gasteiger partial charge in [0.05, 0.1) is 11.9 Å². The molecule has 0 aliphatic carbocycles. The van der Waals surface area contributed by atoms with Crippen molar-refractivity contribution in [3.05, 3.63) is 101 Å². The van der Waals surface area contributed by atoms with Gasteiger partial charge in [-0.25, -0.2) is 12.8 Å². The fourth-order valence-corrected chi connectivity index (χ4v) is 4.93. The number of rotatable bonds is 11. The molecule has 0 saturated carbocycles. The maximum atomic E-state index is 14.7. The van der Waals surface area contributed by atoms with Crippen molar-refractivity contribution in [2.24, 2.45) is 0 Å². The summed E-state index contributed by atoms with van der Waals surface area (Å²) in [6, 6.07) is 20.2. The number of carbonyl (C=O) groups is 2. The molecule has 0 aromatic heterocycles. The average Bonchev–Trinajstić information content (AvgIpc) is 2.85. The molecule has 0 radical (unpaired) electrons. The Labute approximate surface area is 221 Å². The van der Waals surface area contributed by atoms with Crippen LogP contribution in [0.4, 0.5) is 10.1 Å². The lowest BCUT2D eigenvalue weighted by atomic mass is 10.0. The molecule has 3 aromatic rings. The zero-order chi connectivity index (χ0) is 27.0. The van der Waals surface area contributed by atoms with Crippen LogP contribution in [0.5, 0.6) is 0 Å². The number of hydrogen-bond acceptors (Lipinski definition) is 4. The van der Waals surface area contributed by atoms with E-state index in [2.05, 4.69) is 5.32 Å². The van der Waals surface area contributed by atoms with Gasteiger partial charge in [0, 0.05) is 30.1 Å². The van der Waals surface area contributed by atoms with Crippen LogP contribution in [-0.4, -0.2) is 50.5 Å². The topological polar surface area (TPSA) is 86.8 Å². The fourth-order valence-electron chi connectivity index (χ4n) is 3.90. The quantitative estimate of drug-likeness (QED) is 0.394. The first-order valence-corrected chi connectivity index (χ1v) is 13.9. The van der Waals surface area contributed by atoms with E-state index in [4.69, 9.17) is 11.6 Å². The van der Waals surface area contributed by atoms with Gasteiger partial charge in [-0.2, -0.15) is 0 Å². The Bertz CT molecular complexity index is 1340. The van der Waals surface area contributed by atoms with Crippen molar-refractivity contribution in [3.8, 4) is 0 Å². The third-order valence-corrected chi connectivity index (χ3v) is 7.07. The molecule has 3 aromatic carbocycles. The van der Waals surface area contributed by atoms with Crippen LogP contribution in [0, 0.1) is 5.82 Å². The molecule has 1 N–H and O–H groups in total. The van der Waals surface area contributed by atoms with E-state index in [-0.39, 0.29) is 24.2 Å². The highest BCUT2D eigenvalue weighted by Gasteiger charge is 2.33. The molecule has 2 amide bonds. The van der Waals surface area contributed by atoms with Crippen LogP contribution in [0.3, 0.4) is 0 Å². The Kier molecular flexibility index (Phi) is 9.66. The van der Waals surface area contributed by atoms with Crippen LogP contribution < -0.4 is 9.62 Å². The van der Waals surface area contributed by atoms with Crippen LogP contribution in [0.2, 0.25) is 5.02 Å². The van der Waals surface area contributed by atoms with E-state index >= 15 is 0 Å². The minimum atomic E-state index is -3.91. The number of anilines is 1. The summed E-state index contributed by atoms with van der Waals surface area (Å²) in [5.41, 5.74) is 1.19. The van der Waals surface area contributed by atoms with Gasteiger partial charge in [-0.05, 0) is 36.8 Å². The Morgan fingerprint density at radius 1 is 1.00 bits per heavy atom. The lowest BCUT2D eigenvalue weighted by Crippen LogP contribution is -2.53. The third kappa shape index (κ3) is 7.77. The Hall–Kier alpha value is -3.43. The Morgan fingerprint density at radius 3 is 2.30 bits per heavy atom. The molecule has 0 fully saturated rings. The molecular weight excluding hydrogens is 517 g/mol. The number of halogens is 2. The lowest BCUT2D eigenvalue weighted by Gasteiger charge is -2.33. The first-order valence-electron chi connectivity index (χ1n) is 11.7. The number of benzene rings is 3. The normalized spacial score (nSPS) is 12.0. The van der Waals surface area contributed by atoms with Crippen molar-refractivity contribution in [3.63, 3.8) is 0 Å². The van der Waals surface area contributed by atoms with Gasteiger partial charge >= 0.3 is 0 Å². The highest BCUT2D eigenvalue weighted by atomic mass is 35.5. The van der Waals surface area contributed by atoms with Crippen LogP contribution in [0.1, 0.15) is 18.1 Å². The van der Waals surface area contributed by atoms with E-state index in [0.29, 0.717) is 11.6 Å². The summed E-state index contributed by atoms with van der Waals surface area (Å²) in [7, 11) is -3.91. The van der Waals surface area contributed by atoms with E-state index in [0.717, 1.165) is 16.1 Å². The first-order chi connectivity index (χ1) is 17.6. The van der Waals surface area contributed by atoms with Crippen molar-refractivity contribution < 1.29 is 22.4 Å². The summed E-state index contributed by atoms with van der Waals surface area (Å²) in [6.45, 7) is 1.25. The van der Waals surface area contributed by atoms with Crippen LogP contribution in [0.25, 0.3) is 0 Å². The maximum absolute atomic E-state index is 14.7. The number of nitrogens with one attached hydrogen (secondary N) is 1. The van der Waals surface area contributed by atoms with Crippen LogP contribution in [-0.2, 0) is 32.6 Å². The Morgan fingerprint density at radius 2 is 1.68 bits per heavy atom. The monoisotopic (exact) mass is 545 g/mol. The van der Waals surface area contributed by atoms with Gasteiger partial charge in [-0.1, -0.05) is 66.2 Å². The van der Waals surface area contributed by atoms with E-state index in [9.17, 15) is 22.4 Å². The summed E-state index contributed by atoms with van der Waals surface area (Å²) >= 11 is 6.07. The largest absolute Gasteiger partial charge is 0.355 e. The summed E-state index contributed by atoms with van der Waals surface area (Å²) < 4.78 is 40.9. The predicted molar refractivity (Wildman–Crippen MR) is 143 cm³/mol. The summed E-state index contributed by atoms with van der Waals surface area (Å²) in [4.78, 5) is 28.3. The predicted octanol–water partition coefficient (Wildman–Crippen LogP) is 4.02. The van der Waals surface area contributed by atoms with Crippen molar-refractivity contribution in [1.29, 1.82) is 0 Å². The lowest BCUT2D eigenvalue weighted by molar-refractivity contribution is -0.140. The number of nitrogens with zero attached hydrogens (tertiary/aromatic N) is 2. The van der Waals surface area contributed by atoms with Crippen molar-refractivity contribution in [2.75, 3.05) is 23.7 Å². The first kappa shape index (κ1) is 28.1. The van der Waals surface area contributed by atoms with Gasteiger partial charge in [0.2, 0.25) is 21.8 Å². The van der Waals surface area contributed by atoms with Crippen molar-refractivity contribution in [1.82, 2.24) is 10.2 Å². The standard InChI is InChI=1S/C27H29ClFN3O4S/c1-3-30-27(34)25(16-20-10-5-4-6-11-20)31(18-21-12-7-8-15-24(21)29)26(33)19-32(37(2,35)36)23-14-9-13-22(28)17-23/h4-15,17,25H,3,16,18-19H2,1-2H3,(H,30,34). The Balaban J connectivity index is 2.05. The number of sulfonamides is 1. The molecule has 10 heteroatoms. The van der Waals surface area contributed by atoms with Gasteiger partial charge in [0.25, 0.3) is 0 Å². The van der Waals surface area contributed by atoms with Crippen LogP contribution in [0.15, 0.2) is 78.9 Å². The molecule has 0 saturated heterocycles. The molecular formula is C27H29ClFN3O4S. The average molecular weight is 546 g/mol. The van der Waals surface area contributed by atoms with Gasteiger partial charge in [0.15, 0.2) is 0 Å². The maximum Gasteiger partial charge on any atom is 0.244 e. The van der Waals surface area contributed by atoms with E-state index in [1.165, 1.54) is 35.2 Å². The summed E-state index contributed by atoms with van der Waals surface area (Å²) in [5.74, 6) is -1.63. The second kappa shape index (κ2) is 12.7. The van der Waals surface area contributed by atoms with Gasteiger partial charge in [-0.15, -0.1) is 0 Å². The number of hydrogen-bond donors (Lipinski definition) is 1. The zero-order valence-electron chi connectivity index (χ0n) is 20.6. The molecule has 3 rings (SSSR count). The molecule has 196 valence electrons. The molecule has 0 bridgehead atoms. The van der Waals surface area contributed by atoms with E-state index in [1.807, 2.05) is 30.3 Å². The van der Waals surface area contributed by atoms with E-state index < -0.39 is 40.2 Å². The molecule has 0 aliphatic rings. The highest BCUT2D eigenvalue weighted by molar-refractivity contribution is 7.92. The molecule has 0 aliphatic heterocycles. The minimum Gasteiger partial charge on any atom is -0.355 e. The molecule has 7 nitrogen and oxygen atoms in total. The molecule has 1 atom stereocenters. The molecule has 1 unspecified atom stereocenters. The van der Waals surface area contributed by atoms with Gasteiger partial charge in [-0.3, -0.25) is 13.9 Å². The van der Waals surface area contributed by atoms with Crippen molar-refractivity contribution in [2.45, 2.75) is 25.9 Å². The molecule has 0 heterocycles. The third-order valence-electron chi connectivity index (χ3n) is 5.70. The number of carbonyl (C=O) groups excluding carboxylic acids is 2. The molecule has 37 heavy (non-hydrogen) atoms. The number of likely N-dealkylation sites (N-methyl/N-ethyl adjacent to an activating group) is 1. The smallest absolute Gasteiger partial charge is 0.244 e. The molecule has 0 spiro atoms. The highest BCUT2D eigenvalue weighted by Crippen LogP contribution is 2.23. The van der Waals surface area contributed by atoms with Crippen molar-refractivity contribution >= 4 is 39.1 Å². The van der Waals surface area contributed by atoms with E-state index in [1.54, 1.807) is 25.1 Å². The second-order valence-electron chi connectivity index (χ2n) is 8.46. The fraction of sp³-hybridized carbons (Fsp3) is 0.259. The van der Waals surface area contributed by atoms with Crippen LogP contribution >= 0.6 is 11.6 Å². The minimum absolute atomic E-state index is 0.156.